The van der Waals surface area contributed by atoms with Crippen LogP contribution in [0.15, 0.2) is 54.7 Å². The van der Waals surface area contributed by atoms with Crippen LogP contribution in [-0.2, 0) is 11.4 Å². The number of ether oxygens (including phenoxy) is 1. The molecule has 2 aromatic carbocycles. The molecule has 0 saturated carbocycles. The first-order valence-electron chi connectivity index (χ1n) is 9.55. The number of aromatic amines is 1. The zero-order valence-electron chi connectivity index (χ0n) is 16.0. The maximum Gasteiger partial charge on any atom is 0.325 e. The fraction of sp³-hybridized carbons (Fsp3) is 0.318. The molecule has 0 unspecified atom stereocenters. The number of hydrogen-bond donors (Lipinski definition) is 2. The lowest BCUT2D eigenvalue weighted by molar-refractivity contribution is -0.144. The number of benzene rings is 2. The second-order valence-electron chi connectivity index (χ2n) is 7.31. The van der Waals surface area contributed by atoms with Crippen molar-refractivity contribution < 1.29 is 14.6 Å². The molecule has 6 nitrogen and oxygen atoms in total. The van der Waals surface area contributed by atoms with Gasteiger partial charge >= 0.3 is 5.97 Å². The molecule has 0 radical (unpaired) electrons. The Balaban J connectivity index is 1.60. The van der Waals surface area contributed by atoms with Gasteiger partial charge in [0.05, 0.1) is 0 Å². The first-order valence-corrected chi connectivity index (χ1v) is 9.55. The molecule has 4 rings (SSSR count). The Morgan fingerprint density at radius 2 is 1.89 bits per heavy atom. The summed E-state index contributed by atoms with van der Waals surface area (Å²) in [7, 11) is 2.06. The van der Waals surface area contributed by atoms with Crippen molar-refractivity contribution in [1.82, 2.24) is 14.8 Å². The number of carboxylic acids is 1. The molecule has 1 aliphatic rings. The van der Waals surface area contributed by atoms with E-state index in [2.05, 4.69) is 16.9 Å². The molecule has 1 fully saturated rings. The minimum Gasteiger partial charge on any atom is -0.489 e. The van der Waals surface area contributed by atoms with Crippen molar-refractivity contribution in [2.45, 2.75) is 12.6 Å². The SMILES string of the molecule is CN1CCN([C@@H](C(=O)O)c2c[nH]c3ccc(OCc4ccccc4)cc23)CC1. The summed E-state index contributed by atoms with van der Waals surface area (Å²) in [5.74, 6) is -0.0826. The molecular formula is C22H25N3O3. The molecule has 0 amide bonds. The third-order valence-electron chi connectivity index (χ3n) is 5.37. The maximum atomic E-state index is 12.1. The molecule has 0 aliphatic carbocycles. The van der Waals surface area contributed by atoms with Gasteiger partial charge in [0.25, 0.3) is 0 Å². The van der Waals surface area contributed by atoms with Crippen molar-refractivity contribution in [1.29, 1.82) is 0 Å². The van der Waals surface area contributed by atoms with Gasteiger partial charge in [0, 0.05) is 48.8 Å². The summed E-state index contributed by atoms with van der Waals surface area (Å²) in [6.07, 6.45) is 1.82. The number of H-pyrrole nitrogens is 1. The Hall–Kier alpha value is -2.83. The Bertz CT molecular complexity index is 946. The maximum absolute atomic E-state index is 12.1. The van der Waals surface area contributed by atoms with Crippen LogP contribution in [0.1, 0.15) is 17.2 Å². The minimum absolute atomic E-state index is 0.479. The molecule has 6 heteroatoms. The molecule has 1 atom stereocenters. The van der Waals surface area contributed by atoms with Crippen LogP contribution in [0.25, 0.3) is 10.9 Å². The number of nitrogens with one attached hydrogen (secondary N) is 1. The van der Waals surface area contributed by atoms with Crippen LogP contribution in [0.5, 0.6) is 5.75 Å². The van der Waals surface area contributed by atoms with Gasteiger partial charge in [0.1, 0.15) is 18.4 Å². The Kier molecular flexibility index (Phi) is 5.32. The van der Waals surface area contributed by atoms with Crippen LogP contribution < -0.4 is 4.74 Å². The molecule has 0 bridgehead atoms. The average molecular weight is 379 g/mol. The topological polar surface area (TPSA) is 68.8 Å². The average Bonchev–Trinajstić information content (AvgIpc) is 3.11. The molecule has 146 valence electrons. The summed E-state index contributed by atoms with van der Waals surface area (Å²) in [4.78, 5) is 19.6. The number of nitrogens with zero attached hydrogens (tertiary/aromatic N) is 2. The number of hydrogen-bond acceptors (Lipinski definition) is 4. The molecule has 3 aromatic rings. The molecule has 1 aromatic heterocycles. The number of carbonyl (C=O) groups is 1. The van der Waals surface area contributed by atoms with Crippen molar-refractivity contribution in [3.8, 4) is 5.75 Å². The zero-order valence-corrected chi connectivity index (χ0v) is 16.0. The summed E-state index contributed by atoms with van der Waals surface area (Å²) in [6, 6.07) is 15.1. The largest absolute Gasteiger partial charge is 0.489 e. The number of fused-ring (bicyclic) bond motifs is 1. The number of rotatable bonds is 6. The van der Waals surface area contributed by atoms with E-state index in [0.717, 1.165) is 54.0 Å². The molecule has 1 saturated heterocycles. The highest BCUT2D eigenvalue weighted by atomic mass is 16.5. The lowest BCUT2D eigenvalue weighted by atomic mass is 10.0. The third kappa shape index (κ3) is 3.88. The summed E-state index contributed by atoms with van der Waals surface area (Å²) in [6.45, 7) is 3.71. The van der Waals surface area contributed by atoms with Crippen molar-refractivity contribution >= 4 is 16.9 Å². The zero-order chi connectivity index (χ0) is 19.5. The molecule has 1 aliphatic heterocycles. The molecule has 28 heavy (non-hydrogen) atoms. The van der Waals surface area contributed by atoms with E-state index in [9.17, 15) is 9.90 Å². The standard InChI is InChI=1S/C22H25N3O3/c1-24-9-11-25(12-10-24)21(22(26)27)19-14-23-20-8-7-17(13-18(19)20)28-15-16-5-3-2-4-6-16/h2-8,13-14,21,23H,9-12,15H2,1H3,(H,26,27)/t21-/m1/s1. The number of carboxylic acid groups (broad SMARTS) is 1. The quantitative estimate of drug-likeness (QED) is 0.689. The highest BCUT2D eigenvalue weighted by molar-refractivity contribution is 5.90. The van der Waals surface area contributed by atoms with E-state index in [1.54, 1.807) is 0 Å². The van der Waals surface area contributed by atoms with Gasteiger partial charge in [0.15, 0.2) is 0 Å². The first-order chi connectivity index (χ1) is 13.6. The summed E-state index contributed by atoms with van der Waals surface area (Å²) >= 11 is 0. The lowest BCUT2D eigenvalue weighted by Crippen LogP contribution is -2.47. The Morgan fingerprint density at radius 1 is 1.14 bits per heavy atom. The van der Waals surface area contributed by atoms with Gasteiger partial charge in [0.2, 0.25) is 0 Å². The normalized spacial score (nSPS) is 16.9. The first kappa shape index (κ1) is 18.5. The number of likely N-dealkylation sites (N-methyl/N-ethyl adjacent to an activating group) is 1. The number of aromatic nitrogens is 1. The second-order valence-corrected chi connectivity index (χ2v) is 7.31. The van der Waals surface area contributed by atoms with Crippen molar-refractivity contribution in [2.24, 2.45) is 0 Å². The highest BCUT2D eigenvalue weighted by Gasteiger charge is 2.31. The predicted molar refractivity (Wildman–Crippen MR) is 109 cm³/mol. The van der Waals surface area contributed by atoms with E-state index in [4.69, 9.17) is 4.74 Å². The molecule has 0 spiro atoms. The van der Waals surface area contributed by atoms with E-state index in [1.807, 2.05) is 59.6 Å². The smallest absolute Gasteiger partial charge is 0.325 e. The van der Waals surface area contributed by atoms with E-state index in [0.29, 0.717) is 6.61 Å². The van der Waals surface area contributed by atoms with Crippen LogP contribution in [-0.4, -0.2) is 59.1 Å². The summed E-state index contributed by atoms with van der Waals surface area (Å²) in [5, 5.41) is 10.8. The minimum atomic E-state index is -0.818. The lowest BCUT2D eigenvalue weighted by Gasteiger charge is -2.36. The highest BCUT2D eigenvalue weighted by Crippen LogP contribution is 2.32. The van der Waals surface area contributed by atoms with E-state index < -0.39 is 12.0 Å². The van der Waals surface area contributed by atoms with Crippen molar-refractivity contribution in [3.05, 3.63) is 65.9 Å². The van der Waals surface area contributed by atoms with Gasteiger partial charge in [-0.15, -0.1) is 0 Å². The molecule has 2 heterocycles. The van der Waals surface area contributed by atoms with E-state index in [-0.39, 0.29) is 0 Å². The molecule has 2 N–H and O–H groups in total. The van der Waals surface area contributed by atoms with Crippen LogP contribution >= 0.6 is 0 Å². The number of aliphatic carboxylic acids is 1. The van der Waals surface area contributed by atoms with Crippen LogP contribution in [0, 0.1) is 0 Å². The second kappa shape index (κ2) is 8.04. The Morgan fingerprint density at radius 3 is 2.61 bits per heavy atom. The number of piperazine rings is 1. The van der Waals surface area contributed by atoms with Crippen LogP contribution in [0.4, 0.5) is 0 Å². The summed E-state index contributed by atoms with van der Waals surface area (Å²) < 4.78 is 5.94. The van der Waals surface area contributed by atoms with Crippen LogP contribution in [0.2, 0.25) is 0 Å². The van der Waals surface area contributed by atoms with Crippen LogP contribution in [0.3, 0.4) is 0 Å². The fourth-order valence-electron chi connectivity index (χ4n) is 3.74. The van der Waals surface area contributed by atoms with Gasteiger partial charge < -0.3 is 19.7 Å². The molecular weight excluding hydrogens is 354 g/mol. The fourth-order valence-corrected chi connectivity index (χ4v) is 3.74. The monoisotopic (exact) mass is 379 g/mol. The van der Waals surface area contributed by atoms with Gasteiger partial charge in [-0.2, -0.15) is 0 Å². The van der Waals surface area contributed by atoms with Gasteiger partial charge in [-0.25, -0.2) is 0 Å². The van der Waals surface area contributed by atoms with Crippen molar-refractivity contribution in [2.75, 3.05) is 33.2 Å². The van der Waals surface area contributed by atoms with E-state index in [1.165, 1.54) is 0 Å². The van der Waals surface area contributed by atoms with Crippen molar-refractivity contribution in [3.63, 3.8) is 0 Å². The van der Waals surface area contributed by atoms with Gasteiger partial charge in [-0.05, 0) is 30.8 Å². The Labute approximate surface area is 164 Å². The van der Waals surface area contributed by atoms with Gasteiger partial charge in [-0.3, -0.25) is 9.69 Å². The van der Waals surface area contributed by atoms with Gasteiger partial charge in [-0.1, -0.05) is 30.3 Å². The summed E-state index contributed by atoms with van der Waals surface area (Å²) in [5.41, 5.74) is 2.80. The third-order valence-corrected chi connectivity index (χ3v) is 5.37. The predicted octanol–water partition coefficient (Wildman–Crippen LogP) is 3.12. The van der Waals surface area contributed by atoms with E-state index >= 15 is 0 Å².